The molecule has 1 N–H and O–H groups in total. The number of amides is 1. The van der Waals surface area contributed by atoms with E-state index in [0.717, 1.165) is 12.8 Å². The van der Waals surface area contributed by atoms with Gasteiger partial charge in [0.15, 0.2) is 5.82 Å². The number of hydrogen-bond acceptors (Lipinski definition) is 7. The van der Waals surface area contributed by atoms with Gasteiger partial charge in [0.25, 0.3) is 0 Å². The summed E-state index contributed by atoms with van der Waals surface area (Å²) >= 11 is 5.98. The molecule has 2 aliphatic rings. The maximum Gasteiger partial charge on any atom is 0.249 e. The molecule has 2 aromatic heterocycles. The van der Waals surface area contributed by atoms with Gasteiger partial charge in [-0.15, -0.1) is 0 Å². The van der Waals surface area contributed by atoms with Crippen LogP contribution in [0, 0.1) is 11.8 Å². The van der Waals surface area contributed by atoms with Crippen molar-refractivity contribution in [1.82, 2.24) is 24.7 Å². The summed E-state index contributed by atoms with van der Waals surface area (Å²) in [5.41, 5.74) is 0. The number of rotatable bonds is 7. The van der Waals surface area contributed by atoms with E-state index < -0.39 is 10.0 Å². The molecule has 1 aliphatic heterocycles. The highest BCUT2D eigenvalue weighted by atomic mass is 35.5. The van der Waals surface area contributed by atoms with Crippen LogP contribution < -0.4 is 5.32 Å². The average molecular weight is 468 g/mol. The van der Waals surface area contributed by atoms with E-state index in [0.29, 0.717) is 30.5 Å². The fourth-order valence-electron chi connectivity index (χ4n) is 3.73. The Morgan fingerprint density at radius 2 is 1.97 bits per heavy atom. The Morgan fingerprint density at radius 1 is 1.26 bits per heavy atom. The molecule has 4 rings (SSSR count). The van der Waals surface area contributed by atoms with Crippen LogP contribution in [-0.2, 0) is 14.8 Å². The number of nitrogens with zero attached hydrogens (tertiary/aromatic N) is 4. The lowest BCUT2D eigenvalue weighted by atomic mass is 9.95. The molecule has 0 radical (unpaired) electrons. The smallest absolute Gasteiger partial charge is 0.249 e. The second-order valence-corrected chi connectivity index (χ2v) is 10.7. The third kappa shape index (κ3) is 4.75. The van der Waals surface area contributed by atoms with Gasteiger partial charge in [0, 0.05) is 31.1 Å². The molecular formula is C20H26ClN5O4S. The lowest BCUT2D eigenvalue weighted by molar-refractivity contribution is -0.127. The van der Waals surface area contributed by atoms with Gasteiger partial charge < -0.3 is 9.84 Å². The van der Waals surface area contributed by atoms with Crippen LogP contribution >= 0.6 is 11.6 Å². The summed E-state index contributed by atoms with van der Waals surface area (Å²) in [5, 5.41) is 7.03. The third-order valence-corrected chi connectivity index (χ3v) is 8.14. The highest BCUT2D eigenvalue weighted by molar-refractivity contribution is 7.89. The van der Waals surface area contributed by atoms with E-state index in [4.69, 9.17) is 16.1 Å². The molecule has 2 aromatic rings. The van der Waals surface area contributed by atoms with Crippen molar-refractivity contribution >= 4 is 27.5 Å². The number of nitrogens with one attached hydrogen (secondary N) is 1. The summed E-state index contributed by atoms with van der Waals surface area (Å²) in [5.74, 6) is 1.17. The van der Waals surface area contributed by atoms with Crippen LogP contribution in [0.3, 0.4) is 0 Å². The van der Waals surface area contributed by atoms with Crippen molar-refractivity contribution < 1.29 is 17.7 Å². The Labute approximate surface area is 186 Å². The predicted octanol–water partition coefficient (Wildman–Crippen LogP) is 2.91. The van der Waals surface area contributed by atoms with Crippen molar-refractivity contribution in [2.24, 2.45) is 11.8 Å². The van der Waals surface area contributed by atoms with E-state index in [-0.39, 0.29) is 46.9 Å². The molecule has 31 heavy (non-hydrogen) atoms. The first-order chi connectivity index (χ1) is 14.8. The largest absolute Gasteiger partial charge is 0.344 e. The van der Waals surface area contributed by atoms with E-state index in [1.165, 1.54) is 22.6 Å². The fraction of sp³-hybridized carbons (Fsp3) is 0.600. The minimum atomic E-state index is -3.75. The van der Waals surface area contributed by atoms with Crippen LogP contribution in [0.4, 0.5) is 0 Å². The minimum absolute atomic E-state index is 0.0118. The Hall–Kier alpha value is -2.04. The summed E-state index contributed by atoms with van der Waals surface area (Å²) in [4.78, 5) is 21.2. The first-order valence-electron chi connectivity index (χ1n) is 10.5. The van der Waals surface area contributed by atoms with Gasteiger partial charge in [-0.2, -0.15) is 9.29 Å². The number of halogens is 1. The minimum Gasteiger partial charge on any atom is -0.344 e. The van der Waals surface area contributed by atoms with Crippen LogP contribution in [0.1, 0.15) is 63.2 Å². The molecule has 1 saturated carbocycles. The number of piperidine rings is 1. The van der Waals surface area contributed by atoms with Crippen molar-refractivity contribution in [2.75, 3.05) is 13.1 Å². The lowest BCUT2D eigenvalue weighted by Crippen LogP contribution is -2.44. The van der Waals surface area contributed by atoms with E-state index in [1.54, 1.807) is 0 Å². The van der Waals surface area contributed by atoms with Crippen molar-refractivity contribution in [3.05, 3.63) is 35.2 Å². The van der Waals surface area contributed by atoms with Crippen LogP contribution in [-0.4, -0.2) is 46.8 Å². The second kappa shape index (κ2) is 8.84. The molecule has 0 spiro atoms. The molecule has 11 heteroatoms. The number of carbonyl (C=O) groups is 1. The number of pyridine rings is 1. The standard InChI is InChI=1S/C20H26ClN5O4S/c1-12(2)16(20-24-18(25-30-20)13-5-6-13)23-19(27)14-7-10-26(11-8-14)31(28,29)15-4-3-9-22-17(15)21/h3-4,9,12-14,16H,5-8,10-11H2,1-2H3,(H,23,27). The third-order valence-electron chi connectivity index (χ3n) is 5.80. The van der Waals surface area contributed by atoms with Gasteiger partial charge in [0.1, 0.15) is 16.1 Å². The summed E-state index contributed by atoms with van der Waals surface area (Å²) in [6.45, 7) is 4.45. The summed E-state index contributed by atoms with van der Waals surface area (Å²) in [7, 11) is -3.75. The fourth-order valence-corrected chi connectivity index (χ4v) is 5.62. The van der Waals surface area contributed by atoms with Gasteiger partial charge >= 0.3 is 0 Å². The number of carbonyl (C=O) groups excluding carboxylic acids is 1. The average Bonchev–Trinajstić information content (AvgIpc) is 3.49. The number of sulfonamides is 1. The maximum absolute atomic E-state index is 12.9. The molecule has 0 aromatic carbocycles. The molecule has 0 bridgehead atoms. The zero-order valence-electron chi connectivity index (χ0n) is 17.5. The van der Waals surface area contributed by atoms with Gasteiger partial charge in [-0.25, -0.2) is 13.4 Å². The van der Waals surface area contributed by atoms with Crippen LogP contribution in [0.15, 0.2) is 27.7 Å². The van der Waals surface area contributed by atoms with Crippen LogP contribution in [0.2, 0.25) is 5.15 Å². The molecule has 1 saturated heterocycles. The topological polar surface area (TPSA) is 118 Å². The van der Waals surface area contributed by atoms with Gasteiger partial charge in [-0.3, -0.25) is 4.79 Å². The van der Waals surface area contributed by atoms with E-state index in [9.17, 15) is 13.2 Å². The number of hydrogen-bond donors (Lipinski definition) is 1. The first-order valence-corrected chi connectivity index (χ1v) is 12.3. The Balaban J connectivity index is 1.38. The van der Waals surface area contributed by atoms with Crippen LogP contribution in [0.5, 0.6) is 0 Å². The van der Waals surface area contributed by atoms with E-state index in [2.05, 4.69) is 20.4 Å². The summed E-state index contributed by atoms with van der Waals surface area (Å²) in [6.07, 6.45) is 4.43. The van der Waals surface area contributed by atoms with Crippen molar-refractivity contribution in [3.63, 3.8) is 0 Å². The highest BCUT2D eigenvalue weighted by Crippen LogP contribution is 2.39. The van der Waals surface area contributed by atoms with Crippen LogP contribution in [0.25, 0.3) is 0 Å². The highest BCUT2D eigenvalue weighted by Gasteiger charge is 2.36. The molecule has 1 atom stereocenters. The normalized spacial score (nSPS) is 19.5. The van der Waals surface area contributed by atoms with Crippen molar-refractivity contribution in [1.29, 1.82) is 0 Å². The van der Waals surface area contributed by atoms with Gasteiger partial charge in [-0.1, -0.05) is 30.6 Å². The molecule has 1 unspecified atom stereocenters. The van der Waals surface area contributed by atoms with E-state index in [1.807, 2.05) is 13.8 Å². The second-order valence-electron chi connectivity index (χ2n) is 8.47. The summed E-state index contributed by atoms with van der Waals surface area (Å²) < 4.78 is 32.5. The quantitative estimate of drug-likeness (QED) is 0.622. The van der Waals surface area contributed by atoms with Gasteiger partial charge in [0.2, 0.25) is 21.8 Å². The molecule has 1 amide bonds. The zero-order chi connectivity index (χ0) is 22.2. The van der Waals surface area contributed by atoms with E-state index >= 15 is 0 Å². The lowest BCUT2D eigenvalue weighted by Gasteiger charge is -2.31. The van der Waals surface area contributed by atoms with Crippen molar-refractivity contribution in [2.45, 2.75) is 56.4 Å². The molecule has 168 valence electrons. The predicted molar refractivity (Wildman–Crippen MR) is 113 cm³/mol. The Bertz CT molecular complexity index is 1050. The Morgan fingerprint density at radius 3 is 2.58 bits per heavy atom. The zero-order valence-corrected chi connectivity index (χ0v) is 19.1. The summed E-state index contributed by atoms with van der Waals surface area (Å²) in [6, 6.07) is 2.61. The maximum atomic E-state index is 12.9. The Kier molecular flexibility index (Phi) is 6.32. The molecule has 3 heterocycles. The molecule has 9 nitrogen and oxygen atoms in total. The van der Waals surface area contributed by atoms with Crippen molar-refractivity contribution in [3.8, 4) is 0 Å². The molecular weight excluding hydrogens is 442 g/mol. The monoisotopic (exact) mass is 467 g/mol. The van der Waals surface area contributed by atoms with Gasteiger partial charge in [0.05, 0.1) is 0 Å². The molecule has 2 fully saturated rings. The number of aromatic nitrogens is 3. The first kappa shape index (κ1) is 22.2. The van der Waals surface area contributed by atoms with Gasteiger partial charge in [-0.05, 0) is 43.7 Å². The SMILES string of the molecule is CC(C)C(NC(=O)C1CCN(S(=O)(=O)c2cccnc2Cl)CC1)c1nc(C2CC2)no1. The molecule has 1 aliphatic carbocycles.